The molecule has 0 rings (SSSR count). The molecule has 3 heteroatoms. The Labute approximate surface area is 42.3 Å². The first-order valence-electron chi connectivity index (χ1n) is 2.19. The SMILES string of the molecule is CCC/C([O])=N\O. The van der Waals surface area contributed by atoms with Gasteiger partial charge in [-0.25, -0.2) is 0 Å². The van der Waals surface area contributed by atoms with Gasteiger partial charge in [-0.15, -0.1) is 0 Å². The first kappa shape index (κ1) is 6.27. The molecule has 0 fully saturated rings. The summed E-state index contributed by atoms with van der Waals surface area (Å²) in [6.45, 7) is 1.85. The van der Waals surface area contributed by atoms with Crippen LogP contribution in [0.15, 0.2) is 5.16 Å². The Balaban J connectivity index is 3.17. The van der Waals surface area contributed by atoms with E-state index in [9.17, 15) is 5.11 Å². The summed E-state index contributed by atoms with van der Waals surface area (Å²) in [5.41, 5.74) is 0. The summed E-state index contributed by atoms with van der Waals surface area (Å²) in [7, 11) is 0. The van der Waals surface area contributed by atoms with Gasteiger partial charge in [-0.2, -0.15) is 0 Å². The van der Waals surface area contributed by atoms with E-state index >= 15 is 0 Å². The van der Waals surface area contributed by atoms with Crippen molar-refractivity contribution in [2.75, 3.05) is 0 Å². The number of nitrogens with zero attached hydrogens (tertiary/aromatic N) is 1. The molecule has 7 heavy (non-hydrogen) atoms. The lowest BCUT2D eigenvalue weighted by Gasteiger charge is -1.82. The molecule has 0 aliphatic heterocycles. The van der Waals surface area contributed by atoms with Crippen molar-refractivity contribution in [3.63, 3.8) is 0 Å². The number of hydrogen-bond donors (Lipinski definition) is 1. The lowest BCUT2D eigenvalue weighted by Crippen LogP contribution is -1.90. The largest absolute Gasteiger partial charge is 0.408 e. The number of oxime groups is 1. The Kier molecular flexibility index (Phi) is 3.10. The van der Waals surface area contributed by atoms with Gasteiger partial charge in [-0.05, 0) is 11.6 Å². The van der Waals surface area contributed by atoms with Crippen molar-refractivity contribution in [3.8, 4) is 0 Å². The van der Waals surface area contributed by atoms with E-state index < -0.39 is 5.90 Å². The van der Waals surface area contributed by atoms with Crippen LogP contribution in [0.3, 0.4) is 0 Å². The minimum atomic E-state index is -0.442. The highest BCUT2D eigenvalue weighted by molar-refractivity contribution is 5.72. The summed E-state index contributed by atoms with van der Waals surface area (Å²) >= 11 is 0. The van der Waals surface area contributed by atoms with Gasteiger partial charge in [-0.3, -0.25) is 5.11 Å². The predicted octanol–water partition coefficient (Wildman–Crippen LogP) is 1.00. The lowest BCUT2D eigenvalue weighted by atomic mass is 10.3. The average molecular weight is 102 g/mol. The zero-order valence-electron chi connectivity index (χ0n) is 4.22. The summed E-state index contributed by atoms with van der Waals surface area (Å²) < 4.78 is 0. The molecule has 0 unspecified atom stereocenters. The van der Waals surface area contributed by atoms with Gasteiger partial charge in [0.25, 0.3) is 5.90 Å². The predicted molar refractivity (Wildman–Crippen MR) is 24.8 cm³/mol. The van der Waals surface area contributed by atoms with Crippen molar-refractivity contribution in [1.82, 2.24) is 0 Å². The van der Waals surface area contributed by atoms with Crippen LogP contribution in [0.25, 0.3) is 0 Å². The number of rotatable bonds is 2. The minimum absolute atomic E-state index is 0.344. The molecule has 41 valence electrons. The molecule has 0 saturated carbocycles. The van der Waals surface area contributed by atoms with Gasteiger partial charge in [0.2, 0.25) is 0 Å². The summed E-state index contributed by atoms with van der Waals surface area (Å²) in [4.78, 5) is 0. The second kappa shape index (κ2) is 3.46. The van der Waals surface area contributed by atoms with Crippen LogP contribution < -0.4 is 0 Å². The molecule has 0 atom stereocenters. The van der Waals surface area contributed by atoms with Gasteiger partial charge >= 0.3 is 0 Å². The molecule has 1 radical (unpaired) electrons. The Morgan fingerprint density at radius 2 is 2.43 bits per heavy atom. The quantitative estimate of drug-likeness (QED) is 0.240. The monoisotopic (exact) mass is 102 g/mol. The Bertz CT molecular complexity index is 70.1. The summed E-state index contributed by atoms with van der Waals surface area (Å²) in [5.74, 6) is -0.442. The molecule has 0 aromatic rings. The standard InChI is InChI=1S/C4H8NO2/c1-2-3-4(6)5-7/h7H,2-3H2,1H3/b5-4+. The van der Waals surface area contributed by atoms with E-state index in [4.69, 9.17) is 5.21 Å². The zero-order valence-corrected chi connectivity index (χ0v) is 4.22. The highest BCUT2D eigenvalue weighted by atomic mass is 16.5. The van der Waals surface area contributed by atoms with Gasteiger partial charge in [0.15, 0.2) is 0 Å². The van der Waals surface area contributed by atoms with Gasteiger partial charge in [0.1, 0.15) is 0 Å². The minimum Gasteiger partial charge on any atom is -0.408 e. The molecule has 0 aromatic heterocycles. The smallest absolute Gasteiger partial charge is 0.281 e. The van der Waals surface area contributed by atoms with Crippen LogP contribution in [0, 0.1) is 0 Å². The van der Waals surface area contributed by atoms with Crippen LogP contribution in [0.5, 0.6) is 0 Å². The topological polar surface area (TPSA) is 52.5 Å². The van der Waals surface area contributed by atoms with Crippen LogP contribution in [0.2, 0.25) is 0 Å². The van der Waals surface area contributed by atoms with E-state index in [0.29, 0.717) is 6.42 Å². The van der Waals surface area contributed by atoms with Crippen LogP contribution in [-0.2, 0) is 5.11 Å². The summed E-state index contributed by atoms with van der Waals surface area (Å²) in [5, 5.41) is 20.2. The van der Waals surface area contributed by atoms with Crippen molar-refractivity contribution >= 4 is 5.90 Å². The molecule has 0 amide bonds. The zero-order chi connectivity index (χ0) is 5.70. The highest BCUT2D eigenvalue weighted by Crippen LogP contribution is 1.86. The molecule has 0 spiro atoms. The van der Waals surface area contributed by atoms with E-state index in [1.807, 2.05) is 6.92 Å². The van der Waals surface area contributed by atoms with Gasteiger partial charge < -0.3 is 5.21 Å². The summed E-state index contributed by atoms with van der Waals surface area (Å²) in [6.07, 6.45) is 1.08. The van der Waals surface area contributed by atoms with Crippen LogP contribution in [0.1, 0.15) is 19.8 Å². The third-order valence-electron chi connectivity index (χ3n) is 0.575. The fraction of sp³-hybridized carbons (Fsp3) is 0.750. The van der Waals surface area contributed by atoms with Crippen molar-refractivity contribution in [2.24, 2.45) is 5.16 Å². The molecule has 0 aliphatic rings. The van der Waals surface area contributed by atoms with E-state index in [1.165, 1.54) is 0 Å². The maximum Gasteiger partial charge on any atom is 0.281 e. The molecule has 0 heterocycles. The van der Waals surface area contributed by atoms with E-state index in [1.54, 1.807) is 0 Å². The number of hydrogen-bond acceptors (Lipinski definition) is 2. The molecular formula is C4H8NO2. The fourth-order valence-corrected chi connectivity index (χ4v) is 0.264. The van der Waals surface area contributed by atoms with Gasteiger partial charge in [0, 0.05) is 6.42 Å². The first-order valence-corrected chi connectivity index (χ1v) is 2.19. The fourth-order valence-electron chi connectivity index (χ4n) is 0.264. The first-order chi connectivity index (χ1) is 3.31. The van der Waals surface area contributed by atoms with Gasteiger partial charge in [0.05, 0.1) is 0 Å². The third-order valence-corrected chi connectivity index (χ3v) is 0.575. The van der Waals surface area contributed by atoms with Crippen molar-refractivity contribution < 1.29 is 10.3 Å². The second-order valence-corrected chi connectivity index (χ2v) is 1.24. The van der Waals surface area contributed by atoms with Crippen LogP contribution >= 0.6 is 0 Å². The van der Waals surface area contributed by atoms with E-state index in [-0.39, 0.29) is 0 Å². The molecule has 3 nitrogen and oxygen atoms in total. The van der Waals surface area contributed by atoms with Crippen LogP contribution in [0.4, 0.5) is 0 Å². The van der Waals surface area contributed by atoms with Crippen molar-refractivity contribution in [1.29, 1.82) is 0 Å². The summed E-state index contributed by atoms with van der Waals surface area (Å²) in [6, 6.07) is 0. The Morgan fingerprint density at radius 3 is 2.57 bits per heavy atom. The third kappa shape index (κ3) is 3.09. The van der Waals surface area contributed by atoms with Crippen LogP contribution in [-0.4, -0.2) is 11.1 Å². The van der Waals surface area contributed by atoms with Gasteiger partial charge in [-0.1, -0.05) is 6.92 Å². The van der Waals surface area contributed by atoms with Crippen molar-refractivity contribution in [3.05, 3.63) is 0 Å². The van der Waals surface area contributed by atoms with Crippen molar-refractivity contribution in [2.45, 2.75) is 19.8 Å². The molecular weight excluding hydrogens is 94.0 g/mol. The normalized spacial score (nSPS) is 11.9. The molecule has 1 N–H and O–H groups in total. The molecule has 0 saturated heterocycles. The maximum atomic E-state index is 10.00. The molecule has 0 aliphatic carbocycles. The lowest BCUT2D eigenvalue weighted by molar-refractivity contribution is 0.281. The van der Waals surface area contributed by atoms with E-state index in [0.717, 1.165) is 6.42 Å². The molecule has 0 aromatic carbocycles. The maximum absolute atomic E-state index is 10.00. The Morgan fingerprint density at radius 1 is 1.86 bits per heavy atom. The second-order valence-electron chi connectivity index (χ2n) is 1.24. The highest BCUT2D eigenvalue weighted by Gasteiger charge is 1.91. The van der Waals surface area contributed by atoms with E-state index in [2.05, 4.69) is 5.16 Å². The Hall–Kier alpha value is -0.730. The molecule has 0 bridgehead atoms. The average Bonchev–Trinajstić information content (AvgIpc) is 1.68.